The van der Waals surface area contributed by atoms with Gasteiger partial charge in [-0.3, -0.25) is 0 Å². The van der Waals surface area contributed by atoms with Crippen molar-refractivity contribution in [1.82, 2.24) is 0 Å². The molecule has 8 heavy (non-hydrogen) atoms. The zero-order valence-corrected chi connectivity index (χ0v) is 6.22. The summed E-state index contributed by atoms with van der Waals surface area (Å²) < 4.78 is 4.63. The van der Waals surface area contributed by atoms with Gasteiger partial charge in [0.1, 0.15) is 0 Å². The Hall–Kier alpha value is 0.310. The standard InChI is InChI=1S/C4H13O3P/c1-3-7-8(5,6)4-2/h5-6,8H,3-4H2,1-2H3. The van der Waals surface area contributed by atoms with Crippen LogP contribution in [0.1, 0.15) is 13.8 Å². The molecule has 0 aliphatic carbocycles. The van der Waals surface area contributed by atoms with E-state index in [1.807, 2.05) is 0 Å². The van der Waals surface area contributed by atoms with Crippen molar-refractivity contribution in [3.8, 4) is 0 Å². The SMILES string of the molecule is CCO[PH](O)(O)CC. The molecule has 0 aliphatic rings. The summed E-state index contributed by atoms with van der Waals surface area (Å²) in [5.41, 5.74) is 0. The Labute approximate surface area is 49.9 Å². The molecule has 0 spiro atoms. The summed E-state index contributed by atoms with van der Waals surface area (Å²) in [7, 11) is -3.18. The summed E-state index contributed by atoms with van der Waals surface area (Å²) in [4.78, 5) is 17.6. The van der Waals surface area contributed by atoms with E-state index >= 15 is 0 Å². The average molecular weight is 140 g/mol. The van der Waals surface area contributed by atoms with Crippen LogP contribution >= 0.6 is 7.94 Å². The van der Waals surface area contributed by atoms with Crippen LogP contribution in [0.25, 0.3) is 0 Å². The first kappa shape index (κ1) is 8.31. The van der Waals surface area contributed by atoms with Gasteiger partial charge in [-0.2, -0.15) is 0 Å². The second-order valence-electron chi connectivity index (χ2n) is 1.53. The number of rotatable bonds is 3. The fourth-order valence-electron chi connectivity index (χ4n) is 0.333. The van der Waals surface area contributed by atoms with Crippen LogP contribution in [0.2, 0.25) is 0 Å². The van der Waals surface area contributed by atoms with Crippen molar-refractivity contribution in [3.05, 3.63) is 0 Å². The van der Waals surface area contributed by atoms with Crippen LogP contribution in [-0.2, 0) is 4.52 Å². The third-order valence-corrected chi connectivity index (χ3v) is 2.51. The van der Waals surface area contributed by atoms with E-state index in [1.165, 1.54) is 0 Å². The van der Waals surface area contributed by atoms with E-state index < -0.39 is 7.94 Å². The molecule has 3 nitrogen and oxygen atoms in total. The maximum atomic E-state index is 8.80. The molecule has 0 aromatic rings. The van der Waals surface area contributed by atoms with Gasteiger partial charge in [-0.05, 0) is 0 Å². The van der Waals surface area contributed by atoms with Gasteiger partial charge in [0.15, 0.2) is 0 Å². The summed E-state index contributed by atoms with van der Waals surface area (Å²) in [5, 5.41) is 0. The van der Waals surface area contributed by atoms with Crippen molar-refractivity contribution in [3.63, 3.8) is 0 Å². The van der Waals surface area contributed by atoms with Gasteiger partial charge in [-0.15, -0.1) is 0 Å². The van der Waals surface area contributed by atoms with E-state index in [0.717, 1.165) is 0 Å². The predicted molar refractivity (Wildman–Crippen MR) is 34.9 cm³/mol. The molecule has 0 rings (SSSR count). The van der Waals surface area contributed by atoms with Crippen molar-refractivity contribution in [2.24, 2.45) is 0 Å². The maximum absolute atomic E-state index is 8.80. The molecule has 0 aromatic heterocycles. The molecule has 0 radical (unpaired) electrons. The van der Waals surface area contributed by atoms with Crippen molar-refractivity contribution >= 4 is 7.94 Å². The van der Waals surface area contributed by atoms with Crippen molar-refractivity contribution in [1.29, 1.82) is 0 Å². The molecular formula is C4H13O3P. The van der Waals surface area contributed by atoms with Crippen molar-refractivity contribution < 1.29 is 14.3 Å². The molecule has 0 heterocycles. The van der Waals surface area contributed by atoms with Crippen LogP contribution in [0.4, 0.5) is 0 Å². The van der Waals surface area contributed by atoms with Crippen LogP contribution in [0.15, 0.2) is 0 Å². The molecule has 0 aliphatic heterocycles. The first-order valence-electron chi connectivity index (χ1n) is 2.71. The Kier molecular flexibility index (Phi) is 3.49. The second-order valence-corrected chi connectivity index (χ2v) is 4.01. The summed E-state index contributed by atoms with van der Waals surface area (Å²) >= 11 is 0. The van der Waals surface area contributed by atoms with E-state index in [1.54, 1.807) is 13.8 Å². The summed E-state index contributed by atoms with van der Waals surface area (Å²) in [6, 6.07) is 0. The van der Waals surface area contributed by atoms with E-state index in [4.69, 9.17) is 9.79 Å². The van der Waals surface area contributed by atoms with Crippen molar-refractivity contribution in [2.75, 3.05) is 12.8 Å². The fraction of sp³-hybridized carbons (Fsp3) is 1.00. The minimum atomic E-state index is -3.18. The average Bonchev–Trinajstić information content (AvgIpc) is 1.67. The zero-order valence-electron chi connectivity index (χ0n) is 5.22. The molecule has 0 unspecified atom stereocenters. The molecule has 0 saturated carbocycles. The fourth-order valence-corrected chi connectivity index (χ4v) is 1.000. The van der Waals surface area contributed by atoms with Gasteiger partial charge in [-0.1, -0.05) is 0 Å². The molecule has 0 aromatic carbocycles. The van der Waals surface area contributed by atoms with Gasteiger partial charge in [-0.25, -0.2) is 0 Å². The Morgan fingerprint density at radius 2 is 1.88 bits per heavy atom. The van der Waals surface area contributed by atoms with Gasteiger partial charge in [0.05, 0.1) is 0 Å². The van der Waals surface area contributed by atoms with Crippen LogP contribution < -0.4 is 0 Å². The van der Waals surface area contributed by atoms with E-state index in [2.05, 4.69) is 4.52 Å². The second kappa shape index (κ2) is 3.36. The first-order valence-corrected chi connectivity index (χ1v) is 4.72. The quantitative estimate of drug-likeness (QED) is 0.562. The third kappa shape index (κ3) is 3.33. The first-order chi connectivity index (χ1) is 3.62. The van der Waals surface area contributed by atoms with E-state index in [-0.39, 0.29) is 0 Å². The molecular weight excluding hydrogens is 127 g/mol. The normalized spacial score (nSPS) is 14.0. The molecule has 0 atom stereocenters. The third-order valence-electron chi connectivity index (χ3n) is 0.836. The minimum absolute atomic E-state index is 0.334. The van der Waals surface area contributed by atoms with Gasteiger partial charge in [0.25, 0.3) is 0 Å². The molecule has 0 amide bonds. The predicted octanol–water partition coefficient (Wildman–Crippen LogP) is 0.522. The molecule has 4 heteroatoms. The Morgan fingerprint density at radius 3 is 2.00 bits per heavy atom. The number of hydrogen-bond donors (Lipinski definition) is 2. The Morgan fingerprint density at radius 1 is 1.38 bits per heavy atom. The monoisotopic (exact) mass is 140 g/mol. The van der Waals surface area contributed by atoms with Crippen LogP contribution in [0.3, 0.4) is 0 Å². The van der Waals surface area contributed by atoms with Crippen LogP contribution in [0, 0.1) is 0 Å². The molecule has 0 fully saturated rings. The van der Waals surface area contributed by atoms with Crippen LogP contribution in [0.5, 0.6) is 0 Å². The molecule has 0 bridgehead atoms. The molecule has 2 N–H and O–H groups in total. The Bertz CT molecular complexity index is 64.3. The van der Waals surface area contributed by atoms with Gasteiger partial charge in [0.2, 0.25) is 0 Å². The van der Waals surface area contributed by atoms with Gasteiger partial charge < -0.3 is 0 Å². The van der Waals surface area contributed by atoms with E-state index in [0.29, 0.717) is 12.8 Å². The summed E-state index contributed by atoms with van der Waals surface area (Å²) in [5.74, 6) is 0. The van der Waals surface area contributed by atoms with Gasteiger partial charge in [0, 0.05) is 0 Å². The Balaban J connectivity index is 3.37. The van der Waals surface area contributed by atoms with E-state index in [9.17, 15) is 0 Å². The summed E-state index contributed by atoms with van der Waals surface area (Å²) in [6.45, 7) is 3.82. The summed E-state index contributed by atoms with van der Waals surface area (Å²) in [6.07, 6.45) is 0.334. The number of hydrogen-bond acceptors (Lipinski definition) is 3. The zero-order chi connectivity index (χ0) is 6.62. The molecule has 0 saturated heterocycles. The topological polar surface area (TPSA) is 49.7 Å². The van der Waals surface area contributed by atoms with Gasteiger partial charge >= 0.3 is 48.9 Å². The molecule has 52 valence electrons. The van der Waals surface area contributed by atoms with Crippen LogP contribution in [-0.4, -0.2) is 22.6 Å². The van der Waals surface area contributed by atoms with Crippen molar-refractivity contribution in [2.45, 2.75) is 13.8 Å².